The highest BCUT2D eigenvalue weighted by molar-refractivity contribution is 5.89. The maximum absolute atomic E-state index is 12.1. The van der Waals surface area contributed by atoms with Gasteiger partial charge in [0, 0.05) is 6.54 Å². The number of hydrogen-bond donors (Lipinski definition) is 3. The van der Waals surface area contributed by atoms with Crippen LogP contribution >= 0.6 is 0 Å². The third-order valence-electron chi connectivity index (χ3n) is 3.67. The van der Waals surface area contributed by atoms with Gasteiger partial charge in [0.2, 0.25) is 0 Å². The van der Waals surface area contributed by atoms with Crippen molar-refractivity contribution in [2.24, 2.45) is 0 Å². The number of carbonyl (C=O) groups is 2. The Labute approximate surface area is 116 Å². The van der Waals surface area contributed by atoms with E-state index in [9.17, 15) is 19.9 Å². The van der Waals surface area contributed by atoms with E-state index < -0.39 is 17.5 Å². The summed E-state index contributed by atoms with van der Waals surface area (Å²) >= 11 is 0. The van der Waals surface area contributed by atoms with Gasteiger partial charge in [0.05, 0.1) is 5.56 Å². The van der Waals surface area contributed by atoms with Crippen molar-refractivity contribution in [3.8, 4) is 0 Å². The van der Waals surface area contributed by atoms with E-state index in [2.05, 4.69) is 0 Å². The number of nitrogens with zero attached hydrogens (tertiary/aromatic N) is 1. The lowest BCUT2D eigenvalue weighted by atomic mass is 9.85. The number of amides is 1. The average Bonchev–Trinajstić information content (AvgIpc) is 2.53. The van der Waals surface area contributed by atoms with Crippen LogP contribution < -0.4 is 0 Å². The zero-order valence-electron chi connectivity index (χ0n) is 11.2. The summed E-state index contributed by atoms with van der Waals surface area (Å²) < 4.78 is 0. The minimum atomic E-state index is -1.80. The molecule has 1 amide bonds. The molecule has 1 aromatic rings. The topological polar surface area (TPSA) is 98.1 Å². The number of carboxylic acids is 1. The Morgan fingerprint density at radius 2 is 2.05 bits per heavy atom. The molecule has 1 aliphatic rings. The Morgan fingerprint density at radius 1 is 1.35 bits per heavy atom. The SMILES string of the molecule is Cc1cc(C(=O)O)ccc1C1(O)CCCCN(O)C1=O. The Bertz CT molecular complexity index is 556. The summed E-state index contributed by atoms with van der Waals surface area (Å²) in [5, 5.41) is 29.8. The molecule has 1 atom stereocenters. The van der Waals surface area contributed by atoms with Crippen molar-refractivity contribution in [3.05, 3.63) is 34.9 Å². The van der Waals surface area contributed by atoms with E-state index in [0.29, 0.717) is 29.0 Å². The molecule has 1 unspecified atom stereocenters. The molecule has 0 saturated carbocycles. The van der Waals surface area contributed by atoms with E-state index in [1.165, 1.54) is 18.2 Å². The highest BCUT2D eigenvalue weighted by Crippen LogP contribution is 2.34. The lowest BCUT2D eigenvalue weighted by molar-refractivity contribution is -0.184. The van der Waals surface area contributed by atoms with Crippen molar-refractivity contribution in [3.63, 3.8) is 0 Å². The molecule has 0 aromatic heterocycles. The van der Waals surface area contributed by atoms with Crippen LogP contribution in [0.4, 0.5) is 0 Å². The number of rotatable bonds is 2. The predicted molar refractivity (Wildman–Crippen MR) is 69.4 cm³/mol. The molecule has 2 rings (SSSR count). The van der Waals surface area contributed by atoms with Crippen molar-refractivity contribution in [2.45, 2.75) is 31.8 Å². The smallest absolute Gasteiger partial charge is 0.335 e. The number of hydroxylamine groups is 2. The van der Waals surface area contributed by atoms with Crippen molar-refractivity contribution in [2.75, 3.05) is 6.54 Å². The zero-order valence-corrected chi connectivity index (χ0v) is 11.2. The summed E-state index contributed by atoms with van der Waals surface area (Å²) in [6, 6.07) is 4.20. The summed E-state index contributed by atoms with van der Waals surface area (Å²) in [4.78, 5) is 23.1. The molecule has 1 fully saturated rings. The van der Waals surface area contributed by atoms with Crippen LogP contribution in [0.15, 0.2) is 18.2 Å². The van der Waals surface area contributed by atoms with Crippen LogP contribution in [0.2, 0.25) is 0 Å². The second-order valence-corrected chi connectivity index (χ2v) is 5.08. The van der Waals surface area contributed by atoms with Crippen molar-refractivity contribution in [1.82, 2.24) is 5.06 Å². The molecule has 0 spiro atoms. The minimum Gasteiger partial charge on any atom is -0.478 e. The molecule has 1 heterocycles. The Morgan fingerprint density at radius 3 is 2.65 bits per heavy atom. The number of aryl methyl sites for hydroxylation is 1. The van der Waals surface area contributed by atoms with Gasteiger partial charge in [-0.25, -0.2) is 9.86 Å². The van der Waals surface area contributed by atoms with Gasteiger partial charge in [-0.1, -0.05) is 6.07 Å². The summed E-state index contributed by atoms with van der Waals surface area (Å²) in [7, 11) is 0. The minimum absolute atomic E-state index is 0.0942. The summed E-state index contributed by atoms with van der Waals surface area (Å²) in [6.07, 6.45) is 1.41. The largest absolute Gasteiger partial charge is 0.478 e. The normalized spacial score (nSPS) is 23.6. The molecule has 0 bridgehead atoms. The van der Waals surface area contributed by atoms with E-state index in [-0.39, 0.29) is 18.5 Å². The van der Waals surface area contributed by atoms with E-state index >= 15 is 0 Å². The molecule has 0 radical (unpaired) electrons. The fraction of sp³-hybridized carbons (Fsp3) is 0.429. The third-order valence-corrected chi connectivity index (χ3v) is 3.67. The monoisotopic (exact) mass is 279 g/mol. The first-order chi connectivity index (χ1) is 9.36. The first-order valence-electron chi connectivity index (χ1n) is 6.44. The van der Waals surface area contributed by atoms with Gasteiger partial charge in [0.1, 0.15) is 0 Å². The molecule has 20 heavy (non-hydrogen) atoms. The van der Waals surface area contributed by atoms with Gasteiger partial charge in [0.15, 0.2) is 5.60 Å². The Hall–Kier alpha value is -1.92. The highest BCUT2D eigenvalue weighted by Gasteiger charge is 2.43. The number of carboxylic acid groups (broad SMARTS) is 1. The van der Waals surface area contributed by atoms with Gasteiger partial charge in [-0.15, -0.1) is 0 Å². The van der Waals surface area contributed by atoms with Crippen LogP contribution in [0, 0.1) is 6.92 Å². The Balaban J connectivity index is 2.47. The van der Waals surface area contributed by atoms with Crippen LogP contribution in [0.1, 0.15) is 40.7 Å². The van der Waals surface area contributed by atoms with Crippen LogP contribution in [0.25, 0.3) is 0 Å². The fourth-order valence-corrected chi connectivity index (χ4v) is 2.57. The molecule has 3 N–H and O–H groups in total. The maximum atomic E-state index is 12.1. The number of benzene rings is 1. The standard InChI is InChI=1S/C14H17NO5/c1-9-8-10(12(16)17)4-5-11(9)14(19)6-2-3-7-15(20)13(14)18/h4-5,8,19-20H,2-3,6-7H2,1H3,(H,16,17). The molecular formula is C14H17NO5. The zero-order chi connectivity index (χ0) is 14.9. The number of carbonyl (C=O) groups excluding carboxylic acids is 1. The van der Waals surface area contributed by atoms with E-state index in [4.69, 9.17) is 5.11 Å². The van der Waals surface area contributed by atoms with Gasteiger partial charge >= 0.3 is 5.97 Å². The van der Waals surface area contributed by atoms with Gasteiger partial charge in [0.25, 0.3) is 5.91 Å². The van der Waals surface area contributed by atoms with Gasteiger partial charge in [-0.2, -0.15) is 0 Å². The first-order valence-corrected chi connectivity index (χ1v) is 6.44. The molecule has 6 nitrogen and oxygen atoms in total. The van der Waals surface area contributed by atoms with Gasteiger partial charge in [-0.05, 0) is 49.4 Å². The van der Waals surface area contributed by atoms with Crippen molar-refractivity contribution in [1.29, 1.82) is 0 Å². The first kappa shape index (κ1) is 14.5. The lowest BCUT2D eigenvalue weighted by Gasteiger charge is -2.29. The number of aromatic carboxylic acids is 1. The molecule has 108 valence electrons. The summed E-state index contributed by atoms with van der Waals surface area (Å²) in [5.41, 5.74) is -0.854. The fourth-order valence-electron chi connectivity index (χ4n) is 2.57. The maximum Gasteiger partial charge on any atom is 0.335 e. The van der Waals surface area contributed by atoms with Crippen LogP contribution in [-0.2, 0) is 10.4 Å². The van der Waals surface area contributed by atoms with Crippen molar-refractivity contribution >= 4 is 11.9 Å². The lowest BCUT2D eigenvalue weighted by Crippen LogP contribution is -2.44. The van der Waals surface area contributed by atoms with Crippen LogP contribution in [0.5, 0.6) is 0 Å². The predicted octanol–water partition coefficient (Wildman–Crippen LogP) is 1.28. The molecule has 6 heteroatoms. The van der Waals surface area contributed by atoms with E-state index in [1.807, 2.05) is 0 Å². The summed E-state index contributed by atoms with van der Waals surface area (Å²) in [5.74, 6) is -1.83. The molecular weight excluding hydrogens is 262 g/mol. The molecule has 1 aromatic carbocycles. The molecule has 0 aliphatic carbocycles. The van der Waals surface area contributed by atoms with E-state index in [0.717, 1.165) is 0 Å². The van der Waals surface area contributed by atoms with E-state index in [1.54, 1.807) is 6.92 Å². The quantitative estimate of drug-likeness (QED) is 0.708. The molecule has 1 saturated heterocycles. The molecule has 1 aliphatic heterocycles. The summed E-state index contributed by atoms with van der Waals surface area (Å²) in [6.45, 7) is 1.83. The van der Waals surface area contributed by atoms with Crippen LogP contribution in [0.3, 0.4) is 0 Å². The highest BCUT2D eigenvalue weighted by atomic mass is 16.5. The van der Waals surface area contributed by atoms with Gasteiger partial charge < -0.3 is 10.2 Å². The average molecular weight is 279 g/mol. The van der Waals surface area contributed by atoms with Gasteiger partial charge in [-0.3, -0.25) is 10.0 Å². The number of aliphatic hydroxyl groups is 1. The third kappa shape index (κ3) is 2.39. The van der Waals surface area contributed by atoms with Crippen molar-refractivity contribution < 1.29 is 25.0 Å². The number of hydrogen-bond acceptors (Lipinski definition) is 4. The second kappa shape index (κ2) is 5.22. The Kier molecular flexibility index (Phi) is 3.78. The van der Waals surface area contributed by atoms with Crippen LogP contribution in [-0.4, -0.2) is 38.9 Å². The second-order valence-electron chi connectivity index (χ2n) is 5.08.